The molecule has 1 amide bonds. The molecule has 0 aliphatic carbocycles. The summed E-state index contributed by atoms with van der Waals surface area (Å²) in [7, 11) is 0. The number of thiophene rings is 1. The third-order valence-corrected chi connectivity index (χ3v) is 4.19. The first-order valence-corrected chi connectivity index (χ1v) is 8.21. The number of para-hydroxylation sites is 1. The lowest BCUT2D eigenvalue weighted by Gasteiger charge is -2.01. The van der Waals surface area contributed by atoms with Gasteiger partial charge in [-0.05, 0) is 24.3 Å². The van der Waals surface area contributed by atoms with E-state index in [4.69, 9.17) is 11.2 Å². The fourth-order valence-electron chi connectivity index (χ4n) is 1.96. The predicted octanol–water partition coefficient (Wildman–Crippen LogP) is 2.63. The zero-order valence-corrected chi connectivity index (χ0v) is 14.3. The molecule has 8 heteroatoms. The van der Waals surface area contributed by atoms with Crippen LogP contribution in [0, 0.1) is 22.5 Å². The molecule has 0 saturated carbocycles. The summed E-state index contributed by atoms with van der Waals surface area (Å²) in [6.45, 7) is -0.355. The van der Waals surface area contributed by atoms with Crippen LogP contribution in [0.4, 0.5) is 5.69 Å². The molecule has 0 radical (unpaired) electrons. The minimum atomic E-state index is -0.679. The molecule has 132 valence electrons. The molecule has 0 spiro atoms. The summed E-state index contributed by atoms with van der Waals surface area (Å²) >= 11 is 1.29. The summed E-state index contributed by atoms with van der Waals surface area (Å²) in [6, 6.07) is 9.91. The van der Waals surface area contributed by atoms with Crippen molar-refractivity contribution in [3.05, 3.63) is 57.5 Å². The number of hydrogen-bond acceptors (Lipinski definition) is 6. The number of amides is 1. The first kappa shape index (κ1) is 18.9. The second-order valence-corrected chi connectivity index (χ2v) is 6.01. The molecule has 1 aromatic heterocycles. The molecule has 1 N–H and O–H groups in total. The van der Waals surface area contributed by atoms with Crippen LogP contribution >= 0.6 is 11.3 Å². The highest BCUT2D eigenvalue weighted by Crippen LogP contribution is 2.34. The van der Waals surface area contributed by atoms with Gasteiger partial charge >= 0.3 is 5.97 Å². The van der Waals surface area contributed by atoms with Crippen LogP contribution in [0.25, 0.3) is 16.5 Å². The molecule has 0 bridgehead atoms. The topological polar surface area (TPSA) is 98.5 Å². The molecule has 1 heterocycles. The van der Waals surface area contributed by atoms with E-state index in [1.165, 1.54) is 29.6 Å². The number of nitro groups is 1. The van der Waals surface area contributed by atoms with Gasteiger partial charge in [-0.3, -0.25) is 14.9 Å². The van der Waals surface area contributed by atoms with Crippen molar-refractivity contribution in [2.24, 2.45) is 0 Å². The number of nitro benzene ring substituents is 1. The number of carbonyl (C=O) groups is 2. The van der Waals surface area contributed by atoms with Crippen LogP contribution in [-0.2, 0) is 14.3 Å². The highest BCUT2D eigenvalue weighted by atomic mass is 32.1. The second kappa shape index (κ2) is 9.15. The fourth-order valence-corrected chi connectivity index (χ4v) is 2.91. The molecular weight excluding hydrogens is 356 g/mol. The van der Waals surface area contributed by atoms with Gasteiger partial charge in [-0.1, -0.05) is 18.1 Å². The summed E-state index contributed by atoms with van der Waals surface area (Å²) in [5.41, 5.74) is 0.525. The van der Waals surface area contributed by atoms with Crippen LogP contribution < -0.4 is 5.32 Å². The number of nitrogens with zero attached hydrogens (tertiary/aromatic N) is 1. The van der Waals surface area contributed by atoms with Crippen LogP contribution in [0.2, 0.25) is 0 Å². The van der Waals surface area contributed by atoms with Crippen molar-refractivity contribution < 1.29 is 19.2 Å². The minimum Gasteiger partial charge on any atom is -0.452 e. The second-order valence-electron chi connectivity index (χ2n) is 4.90. The van der Waals surface area contributed by atoms with Gasteiger partial charge in [0.1, 0.15) is 0 Å². The summed E-state index contributed by atoms with van der Waals surface area (Å²) in [6.07, 6.45) is 7.70. The maximum Gasteiger partial charge on any atom is 0.331 e. The highest BCUT2D eigenvalue weighted by Gasteiger charge is 2.15. The molecule has 0 atom stereocenters. The number of carbonyl (C=O) groups excluding carboxylic acids is 2. The van der Waals surface area contributed by atoms with E-state index >= 15 is 0 Å². The molecule has 0 saturated heterocycles. The average Bonchev–Trinajstić information content (AvgIpc) is 3.11. The smallest absolute Gasteiger partial charge is 0.331 e. The van der Waals surface area contributed by atoms with Crippen LogP contribution in [0.1, 0.15) is 4.88 Å². The van der Waals surface area contributed by atoms with Crippen LogP contribution in [0.3, 0.4) is 0 Å². The lowest BCUT2D eigenvalue weighted by Crippen LogP contribution is -2.28. The molecule has 0 unspecified atom stereocenters. The maximum absolute atomic E-state index is 11.6. The monoisotopic (exact) mass is 370 g/mol. The number of rotatable bonds is 7. The Morgan fingerprint density at radius 1 is 1.31 bits per heavy atom. The molecule has 2 rings (SSSR count). The number of terminal acetylenes is 1. The highest BCUT2D eigenvalue weighted by molar-refractivity contribution is 7.16. The van der Waals surface area contributed by atoms with Gasteiger partial charge in [0, 0.05) is 21.9 Å². The van der Waals surface area contributed by atoms with Crippen molar-refractivity contribution in [2.75, 3.05) is 13.2 Å². The summed E-state index contributed by atoms with van der Waals surface area (Å²) in [5.74, 6) is 1.07. The Balaban J connectivity index is 1.99. The normalized spacial score (nSPS) is 10.3. The van der Waals surface area contributed by atoms with E-state index in [1.807, 2.05) is 0 Å². The van der Waals surface area contributed by atoms with Crippen LogP contribution in [-0.4, -0.2) is 30.0 Å². The quantitative estimate of drug-likeness (QED) is 0.266. The van der Waals surface area contributed by atoms with Gasteiger partial charge in [0.05, 0.1) is 17.0 Å². The van der Waals surface area contributed by atoms with Crippen molar-refractivity contribution >= 4 is 35.0 Å². The van der Waals surface area contributed by atoms with E-state index in [0.29, 0.717) is 15.3 Å². The fraction of sp³-hybridized carbons (Fsp3) is 0.111. The zero-order chi connectivity index (χ0) is 18.9. The van der Waals surface area contributed by atoms with E-state index in [1.54, 1.807) is 30.3 Å². The predicted molar refractivity (Wildman–Crippen MR) is 98.2 cm³/mol. The Hall–Kier alpha value is -3.44. The number of esters is 1. The van der Waals surface area contributed by atoms with E-state index in [0.717, 1.165) is 0 Å². The first-order valence-electron chi connectivity index (χ1n) is 7.40. The van der Waals surface area contributed by atoms with Crippen molar-refractivity contribution in [1.82, 2.24) is 5.32 Å². The average molecular weight is 370 g/mol. The van der Waals surface area contributed by atoms with Crippen molar-refractivity contribution in [2.45, 2.75) is 0 Å². The molecule has 7 nitrogen and oxygen atoms in total. The minimum absolute atomic E-state index is 0.0160. The molecular formula is C18H14N2O5S. The van der Waals surface area contributed by atoms with Gasteiger partial charge in [-0.2, -0.15) is 0 Å². The van der Waals surface area contributed by atoms with Crippen LogP contribution in [0.15, 0.2) is 42.5 Å². The molecule has 2 aromatic rings. The largest absolute Gasteiger partial charge is 0.452 e. The lowest BCUT2D eigenvalue weighted by atomic mass is 10.1. The standard InChI is InChI=1S/C18H14N2O5S/c1-2-11-19-17(21)12-25-18(22)10-8-13-7-9-16(26-13)14-5-3-4-6-15(14)20(23)24/h1,3-10H,11-12H2,(H,19,21)/b10-8-. The summed E-state index contributed by atoms with van der Waals surface area (Å²) in [5, 5.41) is 13.5. The molecule has 0 fully saturated rings. The zero-order valence-electron chi connectivity index (χ0n) is 13.5. The first-order chi connectivity index (χ1) is 12.5. The number of benzene rings is 1. The molecule has 1 aromatic carbocycles. The van der Waals surface area contributed by atoms with Gasteiger partial charge < -0.3 is 10.1 Å². The van der Waals surface area contributed by atoms with Gasteiger partial charge in [0.25, 0.3) is 11.6 Å². The molecule has 0 aliphatic heterocycles. The van der Waals surface area contributed by atoms with E-state index < -0.39 is 23.4 Å². The Morgan fingerprint density at radius 3 is 2.81 bits per heavy atom. The van der Waals surface area contributed by atoms with Gasteiger partial charge in [-0.25, -0.2) is 4.79 Å². The molecule has 0 aliphatic rings. The van der Waals surface area contributed by atoms with Gasteiger partial charge in [-0.15, -0.1) is 17.8 Å². The summed E-state index contributed by atoms with van der Waals surface area (Å²) in [4.78, 5) is 35.0. The Morgan fingerprint density at radius 2 is 2.08 bits per heavy atom. The van der Waals surface area contributed by atoms with Crippen molar-refractivity contribution in [1.29, 1.82) is 0 Å². The van der Waals surface area contributed by atoms with Gasteiger partial charge in [0.2, 0.25) is 0 Å². The Bertz CT molecular complexity index is 895. The maximum atomic E-state index is 11.6. The third-order valence-electron chi connectivity index (χ3n) is 3.11. The lowest BCUT2D eigenvalue weighted by molar-refractivity contribution is -0.384. The third kappa shape index (κ3) is 5.29. The van der Waals surface area contributed by atoms with E-state index in [2.05, 4.69) is 11.2 Å². The number of hydrogen-bond donors (Lipinski definition) is 1. The van der Waals surface area contributed by atoms with E-state index in [-0.39, 0.29) is 12.2 Å². The number of ether oxygens (including phenoxy) is 1. The SMILES string of the molecule is C#CCNC(=O)COC(=O)/C=C\c1ccc(-c2ccccc2[N+](=O)[O-])s1. The summed E-state index contributed by atoms with van der Waals surface area (Å²) < 4.78 is 4.77. The van der Waals surface area contributed by atoms with Crippen LogP contribution in [0.5, 0.6) is 0 Å². The van der Waals surface area contributed by atoms with E-state index in [9.17, 15) is 19.7 Å². The van der Waals surface area contributed by atoms with Crippen molar-refractivity contribution in [3.8, 4) is 22.8 Å². The number of nitrogens with one attached hydrogen (secondary N) is 1. The Labute approximate surface area is 153 Å². The Kier molecular flexibility index (Phi) is 6.65. The van der Waals surface area contributed by atoms with Gasteiger partial charge in [0.15, 0.2) is 6.61 Å². The van der Waals surface area contributed by atoms with Crippen molar-refractivity contribution in [3.63, 3.8) is 0 Å². The molecule has 26 heavy (non-hydrogen) atoms.